The van der Waals surface area contributed by atoms with Crippen LogP contribution < -0.4 is 11.3 Å². The fourth-order valence-electron chi connectivity index (χ4n) is 1.96. The minimum atomic E-state index is -0.115. The molecule has 0 saturated carbocycles. The number of aromatic nitrogens is 1. The molecule has 1 aromatic heterocycles. The van der Waals surface area contributed by atoms with Crippen LogP contribution in [0.25, 0.3) is 0 Å². The highest BCUT2D eigenvalue weighted by molar-refractivity contribution is 5.97. The predicted molar refractivity (Wildman–Crippen MR) is 73.5 cm³/mol. The van der Waals surface area contributed by atoms with Crippen molar-refractivity contribution in [2.45, 2.75) is 13.5 Å². The molecule has 19 heavy (non-hydrogen) atoms. The molecule has 1 heterocycles. The van der Waals surface area contributed by atoms with Crippen LogP contribution in [0.3, 0.4) is 0 Å². The molecular formula is C14H15N3O2. The summed E-state index contributed by atoms with van der Waals surface area (Å²) in [5.41, 5.74) is 7.72. The number of nitrogens with two attached hydrogens (primary N) is 1. The minimum Gasteiger partial charge on any atom is -0.409 e. The topological polar surface area (TPSA) is 80.6 Å². The van der Waals surface area contributed by atoms with Crippen molar-refractivity contribution < 1.29 is 5.21 Å². The molecule has 0 saturated heterocycles. The van der Waals surface area contributed by atoms with Gasteiger partial charge in [-0.05, 0) is 18.6 Å². The quantitative estimate of drug-likeness (QED) is 0.376. The Hall–Kier alpha value is -2.56. The molecule has 2 rings (SSSR count). The maximum Gasteiger partial charge on any atom is 0.251 e. The number of nitrogens with zero attached hydrogens (tertiary/aromatic N) is 2. The molecule has 0 atom stereocenters. The van der Waals surface area contributed by atoms with Gasteiger partial charge in [-0.25, -0.2) is 0 Å². The number of hydrogen-bond acceptors (Lipinski definition) is 3. The molecule has 0 amide bonds. The standard InChI is InChI=1S/C14H15N3O2/c1-10-12(14(15)16-19)7-8-13(18)17(10)9-11-5-3-2-4-6-11/h2-8,19H,9H2,1H3,(H2,15,16). The van der Waals surface area contributed by atoms with Crippen molar-refractivity contribution in [3.63, 3.8) is 0 Å². The second-order valence-electron chi connectivity index (χ2n) is 4.23. The van der Waals surface area contributed by atoms with Crippen LogP contribution in [-0.4, -0.2) is 15.6 Å². The Morgan fingerprint density at radius 3 is 2.58 bits per heavy atom. The van der Waals surface area contributed by atoms with E-state index in [1.807, 2.05) is 30.3 Å². The molecule has 0 spiro atoms. The molecule has 5 heteroatoms. The van der Waals surface area contributed by atoms with E-state index in [4.69, 9.17) is 10.9 Å². The number of pyridine rings is 1. The number of oxime groups is 1. The van der Waals surface area contributed by atoms with E-state index >= 15 is 0 Å². The molecule has 0 bridgehead atoms. The first-order valence-corrected chi connectivity index (χ1v) is 5.85. The number of amidine groups is 1. The molecule has 0 aliphatic rings. The maximum absolute atomic E-state index is 11.9. The zero-order valence-corrected chi connectivity index (χ0v) is 10.6. The summed E-state index contributed by atoms with van der Waals surface area (Å²) in [6.45, 7) is 2.23. The second kappa shape index (κ2) is 5.39. The Balaban J connectivity index is 2.48. The van der Waals surface area contributed by atoms with Crippen LogP contribution in [0.4, 0.5) is 0 Å². The normalized spacial score (nSPS) is 11.5. The van der Waals surface area contributed by atoms with Crippen LogP contribution in [0.15, 0.2) is 52.4 Å². The summed E-state index contributed by atoms with van der Waals surface area (Å²) in [6.07, 6.45) is 0. The summed E-state index contributed by atoms with van der Waals surface area (Å²) in [5.74, 6) is -0.000637. The molecule has 0 aliphatic heterocycles. The number of rotatable bonds is 3. The van der Waals surface area contributed by atoms with Crippen LogP contribution >= 0.6 is 0 Å². The van der Waals surface area contributed by atoms with Gasteiger partial charge >= 0.3 is 0 Å². The van der Waals surface area contributed by atoms with E-state index in [0.29, 0.717) is 17.8 Å². The van der Waals surface area contributed by atoms with Crippen LogP contribution in [0.2, 0.25) is 0 Å². The summed E-state index contributed by atoms with van der Waals surface area (Å²) >= 11 is 0. The monoisotopic (exact) mass is 257 g/mol. The first-order valence-electron chi connectivity index (χ1n) is 5.85. The lowest BCUT2D eigenvalue weighted by Crippen LogP contribution is -2.26. The highest BCUT2D eigenvalue weighted by Crippen LogP contribution is 2.08. The van der Waals surface area contributed by atoms with Crippen LogP contribution in [0.5, 0.6) is 0 Å². The van der Waals surface area contributed by atoms with Crippen molar-refractivity contribution in [1.29, 1.82) is 0 Å². The number of benzene rings is 1. The van der Waals surface area contributed by atoms with Gasteiger partial charge in [0.05, 0.1) is 6.54 Å². The van der Waals surface area contributed by atoms with E-state index in [-0.39, 0.29) is 11.4 Å². The van der Waals surface area contributed by atoms with Crippen LogP contribution in [-0.2, 0) is 6.54 Å². The summed E-state index contributed by atoms with van der Waals surface area (Å²) in [5, 5.41) is 11.7. The van der Waals surface area contributed by atoms with Gasteiger partial charge in [-0.3, -0.25) is 4.79 Å². The second-order valence-corrected chi connectivity index (χ2v) is 4.23. The first-order chi connectivity index (χ1) is 9.13. The van der Waals surface area contributed by atoms with E-state index < -0.39 is 0 Å². The lowest BCUT2D eigenvalue weighted by atomic mass is 10.1. The zero-order valence-electron chi connectivity index (χ0n) is 10.6. The lowest BCUT2D eigenvalue weighted by Gasteiger charge is -2.13. The van der Waals surface area contributed by atoms with E-state index in [2.05, 4.69) is 5.16 Å². The Labute approximate surface area is 110 Å². The first kappa shape index (κ1) is 12.9. The molecule has 5 nitrogen and oxygen atoms in total. The summed E-state index contributed by atoms with van der Waals surface area (Å²) in [4.78, 5) is 11.9. The van der Waals surface area contributed by atoms with Gasteiger partial charge in [0.25, 0.3) is 5.56 Å². The zero-order chi connectivity index (χ0) is 13.8. The summed E-state index contributed by atoms with van der Waals surface area (Å²) in [7, 11) is 0. The van der Waals surface area contributed by atoms with Gasteiger partial charge in [0, 0.05) is 17.3 Å². The molecule has 0 aliphatic carbocycles. The lowest BCUT2D eigenvalue weighted by molar-refractivity contribution is 0.318. The highest BCUT2D eigenvalue weighted by atomic mass is 16.4. The smallest absolute Gasteiger partial charge is 0.251 e. The third kappa shape index (κ3) is 2.65. The molecule has 98 valence electrons. The van der Waals surface area contributed by atoms with Crippen molar-refractivity contribution >= 4 is 5.84 Å². The molecule has 0 fully saturated rings. The van der Waals surface area contributed by atoms with Crippen LogP contribution in [0, 0.1) is 6.92 Å². The van der Waals surface area contributed by atoms with Gasteiger partial charge in [-0.2, -0.15) is 0 Å². The van der Waals surface area contributed by atoms with Gasteiger partial charge in [0.2, 0.25) is 0 Å². The molecule has 0 radical (unpaired) electrons. The predicted octanol–water partition coefficient (Wildman–Crippen LogP) is 1.30. The summed E-state index contributed by atoms with van der Waals surface area (Å²) < 4.78 is 1.60. The molecule has 1 aromatic carbocycles. The van der Waals surface area contributed by atoms with Crippen molar-refractivity contribution in [2.75, 3.05) is 0 Å². The Bertz CT molecular complexity index is 660. The van der Waals surface area contributed by atoms with Crippen LogP contribution in [0.1, 0.15) is 16.8 Å². The molecular weight excluding hydrogens is 242 g/mol. The van der Waals surface area contributed by atoms with Crippen molar-refractivity contribution in [2.24, 2.45) is 10.9 Å². The SMILES string of the molecule is Cc1c(/C(N)=N/O)ccc(=O)n1Cc1ccccc1. The van der Waals surface area contributed by atoms with Crippen molar-refractivity contribution in [1.82, 2.24) is 4.57 Å². The highest BCUT2D eigenvalue weighted by Gasteiger charge is 2.09. The van der Waals surface area contributed by atoms with E-state index in [1.165, 1.54) is 6.07 Å². The Morgan fingerprint density at radius 2 is 1.95 bits per heavy atom. The average molecular weight is 257 g/mol. The molecule has 0 unspecified atom stereocenters. The molecule has 3 N–H and O–H groups in total. The van der Waals surface area contributed by atoms with Gasteiger partial charge in [-0.15, -0.1) is 0 Å². The van der Waals surface area contributed by atoms with E-state index in [1.54, 1.807) is 17.6 Å². The average Bonchev–Trinajstić information content (AvgIpc) is 2.44. The van der Waals surface area contributed by atoms with Crippen molar-refractivity contribution in [3.8, 4) is 0 Å². The Kier molecular flexibility index (Phi) is 3.66. The van der Waals surface area contributed by atoms with Gasteiger partial charge in [0.1, 0.15) is 0 Å². The summed E-state index contributed by atoms with van der Waals surface area (Å²) in [6, 6.07) is 12.6. The fraction of sp³-hybridized carbons (Fsp3) is 0.143. The van der Waals surface area contributed by atoms with Gasteiger partial charge in [0.15, 0.2) is 5.84 Å². The third-order valence-corrected chi connectivity index (χ3v) is 3.02. The van der Waals surface area contributed by atoms with E-state index in [9.17, 15) is 4.79 Å². The van der Waals surface area contributed by atoms with Gasteiger partial charge < -0.3 is 15.5 Å². The minimum absolute atomic E-state index is 0.000637. The fourth-order valence-corrected chi connectivity index (χ4v) is 1.96. The molecule has 2 aromatic rings. The van der Waals surface area contributed by atoms with E-state index in [0.717, 1.165) is 5.56 Å². The van der Waals surface area contributed by atoms with Gasteiger partial charge in [-0.1, -0.05) is 35.5 Å². The number of hydrogen-bond donors (Lipinski definition) is 2. The third-order valence-electron chi connectivity index (χ3n) is 3.02. The van der Waals surface area contributed by atoms with Crippen molar-refractivity contribution in [3.05, 3.63) is 69.6 Å². The maximum atomic E-state index is 11.9. The largest absolute Gasteiger partial charge is 0.409 e. The Morgan fingerprint density at radius 1 is 1.26 bits per heavy atom.